The lowest BCUT2D eigenvalue weighted by atomic mass is 9.96. The Hall–Kier alpha value is -1.83. The van der Waals surface area contributed by atoms with Crippen LogP contribution in [0.2, 0.25) is 0 Å². The Kier molecular flexibility index (Phi) is 3.74. The molecule has 1 saturated carbocycles. The first-order valence-corrected chi connectivity index (χ1v) is 8.33. The fourth-order valence-electron chi connectivity index (χ4n) is 2.49. The Bertz CT molecular complexity index is 843. The van der Waals surface area contributed by atoms with Crippen LogP contribution < -0.4 is 15.4 Å². The van der Waals surface area contributed by atoms with Gasteiger partial charge in [0.25, 0.3) is 5.91 Å². The molecule has 1 fully saturated rings. The molecule has 3 rings (SSSR count). The van der Waals surface area contributed by atoms with E-state index in [0.717, 1.165) is 12.8 Å². The summed E-state index contributed by atoms with van der Waals surface area (Å²) in [5.41, 5.74) is -0.439. The maximum absolute atomic E-state index is 12.6. The predicted octanol–water partition coefficient (Wildman–Crippen LogP) is 1.32. The zero-order valence-electron chi connectivity index (χ0n) is 13.3. The molecule has 0 saturated heterocycles. The number of carbonyl (C=O) groups excluding carboxylic acids is 1. The summed E-state index contributed by atoms with van der Waals surface area (Å²) in [7, 11) is 0. The number of hydrogen-bond donors (Lipinski definition) is 3. The Morgan fingerprint density at radius 3 is 2.74 bits per heavy atom. The van der Waals surface area contributed by atoms with Gasteiger partial charge in [-0.1, -0.05) is 25.3 Å². The summed E-state index contributed by atoms with van der Waals surface area (Å²) < 4.78 is 3.46. The molecule has 0 aromatic carbocycles. The number of rotatable bonds is 3. The van der Waals surface area contributed by atoms with Crippen molar-refractivity contribution in [3.63, 3.8) is 0 Å². The first kappa shape index (κ1) is 16.0. The van der Waals surface area contributed by atoms with Gasteiger partial charge in [-0.2, -0.15) is 4.57 Å². The number of nitrogens with one attached hydrogen (secondary N) is 2. The van der Waals surface area contributed by atoms with Gasteiger partial charge in [-0.15, -0.1) is 0 Å². The SMILES string of the molecule is CC(C)(C)C[n+]1c(O)c(C(=O)NC2CC2)c(=O)n2[nH]c(Br)cc21. The minimum absolute atomic E-state index is 0.105. The van der Waals surface area contributed by atoms with Gasteiger partial charge in [0.2, 0.25) is 5.56 Å². The first-order chi connectivity index (χ1) is 10.7. The van der Waals surface area contributed by atoms with Gasteiger partial charge in [0.05, 0.1) is 12.6 Å². The summed E-state index contributed by atoms with van der Waals surface area (Å²) in [6, 6.07) is 1.81. The second-order valence-electron chi connectivity index (χ2n) is 7.20. The van der Waals surface area contributed by atoms with E-state index in [4.69, 9.17) is 0 Å². The van der Waals surface area contributed by atoms with Crippen molar-refractivity contribution in [3.05, 3.63) is 26.6 Å². The molecule has 1 amide bonds. The molecule has 0 unspecified atom stereocenters. The highest BCUT2D eigenvalue weighted by Gasteiger charge is 2.34. The van der Waals surface area contributed by atoms with Gasteiger partial charge < -0.3 is 10.4 Å². The maximum atomic E-state index is 12.6. The molecule has 2 heterocycles. The molecule has 124 valence electrons. The average Bonchev–Trinajstić information content (AvgIpc) is 3.13. The van der Waals surface area contributed by atoms with Crippen LogP contribution >= 0.6 is 15.9 Å². The molecule has 0 aliphatic heterocycles. The second kappa shape index (κ2) is 5.36. The summed E-state index contributed by atoms with van der Waals surface area (Å²) in [4.78, 5) is 25.0. The highest BCUT2D eigenvalue weighted by molar-refractivity contribution is 9.10. The van der Waals surface area contributed by atoms with Crippen LogP contribution in [0.1, 0.15) is 44.0 Å². The zero-order valence-corrected chi connectivity index (χ0v) is 14.9. The van der Waals surface area contributed by atoms with E-state index in [2.05, 4.69) is 26.3 Å². The lowest BCUT2D eigenvalue weighted by Gasteiger charge is -2.17. The second-order valence-corrected chi connectivity index (χ2v) is 8.05. The highest BCUT2D eigenvalue weighted by Crippen LogP contribution is 2.21. The van der Waals surface area contributed by atoms with Gasteiger partial charge >= 0.3 is 17.1 Å². The summed E-state index contributed by atoms with van der Waals surface area (Å²) in [6.45, 7) is 6.52. The van der Waals surface area contributed by atoms with Gasteiger partial charge in [-0.25, -0.2) is 9.89 Å². The molecule has 2 aromatic rings. The molecule has 8 heteroatoms. The number of aromatic amines is 1. The number of hydrogen-bond acceptors (Lipinski definition) is 3. The van der Waals surface area contributed by atoms with Crippen LogP contribution in [0.3, 0.4) is 0 Å². The summed E-state index contributed by atoms with van der Waals surface area (Å²) in [6.07, 6.45) is 1.82. The third kappa shape index (κ3) is 3.12. The lowest BCUT2D eigenvalue weighted by molar-refractivity contribution is -0.692. The van der Waals surface area contributed by atoms with E-state index in [1.807, 2.05) is 20.8 Å². The van der Waals surface area contributed by atoms with Gasteiger partial charge in [-0.3, -0.25) is 4.79 Å². The first-order valence-electron chi connectivity index (χ1n) is 7.54. The van der Waals surface area contributed by atoms with Crippen LogP contribution in [0.25, 0.3) is 5.65 Å². The number of aromatic nitrogens is 3. The smallest absolute Gasteiger partial charge is 0.378 e. The number of aromatic hydroxyl groups is 1. The van der Waals surface area contributed by atoms with E-state index in [9.17, 15) is 14.7 Å². The van der Waals surface area contributed by atoms with E-state index in [-0.39, 0.29) is 22.9 Å². The Morgan fingerprint density at radius 2 is 2.17 bits per heavy atom. The van der Waals surface area contributed by atoms with E-state index >= 15 is 0 Å². The van der Waals surface area contributed by atoms with Crippen molar-refractivity contribution in [3.8, 4) is 5.88 Å². The standard InChI is InChI=1S/C15H19BrN4O3/c1-15(2,3)7-19-10-6-9(16)18-20(10)14(23)11(13(19)22)12(21)17-8-4-5-8/h6,8H,4-5,7H2,1-3H3,(H2,17,21,22,23)/p+1. The molecule has 3 N–H and O–H groups in total. The fraction of sp³-hybridized carbons (Fsp3) is 0.533. The van der Waals surface area contributed by atoms with E-state index < -0.39 is 11.5 Å². The van der Waals surface area contributed by atoms with Gasteiger partial charge in [0.15, 0.2) is 0 Å². The van der Waals surface area contributed by atoms with Crippen molar-refractivity contribution in [1.29, 1.82) is 0 Å². The molecule has 0 atom stereocenters. The third-order valence-electron chi connectivity index (χ3n) is 3.65. The number of amides is 1. The molecule has 0 radical (unpaired) electrons. The minimum atomic E-state index is -0.563. The number of nitrogens with zero attached hydrogens (tertiary/aromatic N) is 2. The normalized spacial score (nSPS) is 15.1. The molecule has 23 heavy (non-hydrogen) atoms. The summed E-state index contributed by atoms with van der Waals surface area (Å²) in [5, 5.41) is 16.2. The van der Waals surface area contributed by atoms with E-state index in [1.54, 1.807) is 10.6 Å². The predicted molar refractivity (Wildman–Crippen MR) is 87.5 cm³/mol. The molecule has 0 spiro atoms. The van der Waals surface area contributed by atoms with Crippen LogP contribution in [-0.4, -0.2) is 26.7 Å². The zero-order chi connectivity index (χ0) is 16.9. The van der Waals surface area contributed by atoms with Crippen molar-refractivity contribution in [1.82, 2.24) is 14.9 Å². The van der Waals surface area contributed by atoms with E-state index in [0.29, 0.717) is 16.8 Å². The molecule has 7 nitrogen and oxygen atoms in total. The Balaban J connectivity index is 2.22. The molecule has 1 aliphatic rings. The molecular formula is C15H20BrN4O3+. The largest absolute Gasteiger partial charge is 0.477 e. The van der Waals surface area contributed by atoms with E-state index in [1.165, 1.54) is 4.52 Å². The van der Waals surface area contributed by atoms with Crippen molar-refractivity contribution >= 4 is 27.5 Å². The van der Waals surface area contributed by atoms with Crippen molar-refractivity contribution < 1.29 is 14.5 Å². The van der Waals surface area contributed by atoms with Gasteiger partial charge in [0.1, 0.15) is 4.60 Å². The van der Waals surface area contributed by atoms with Crippen molar-refractivity contribution in [2.45, 2.75) is 46.2 Å². The summed E-state index contributed by atoms with van der Waals surface area (Å²) >= 11 is 3.30. The highest BCUT2D eigenvalue weighted by atomic mass is 79.9. The number of fused-ring (bicyclic) bond motifs is 1. The lowest BCUT2D eigenvalue weighted by Crippen LogP contribution is -2.47. The monoisotopic (exact) mass is 383 g/mol. The van der Waals surface area contributed by atoms with Crippen LogP contribution in [-0.2, 0) is 6.54 Å². The minimum Gasteiger partial charge on any atom is -0.477 e. The van der Waals surface area contributed by atoms with Crippen molar-refractivity contribution in [2.75, 3.05) is 0 Å². The van der Waals surface area contributed by atoms with Crippen LogP contribution in [0.5, 0.6) is 5.88 Å². The fourth-order valence-corrected chi connectivity index (χ4v) is 2.87. The van der Waals surface area contributed by atoms with Crippen LogP contribution in [0.4, 0.5) is 0 Å². The number of H-pyrrole nitrogens is 1. The van der Waals surface area contributed by atoms with Crippen LogP contribution in [0, 0.1) is 5.41 Å². The number of carbonyl (C=O) groups is 1. The quantitative estimate of drug-likeness (QED) is 0.698. The number of halogens is 1. The molecular weight excluding hydrogens is 364 g/mol. The average molecular weight is 384 g/mol. The Morgan fingerprint density at radius 1 is 1.52 bits per heavy atom. The Labute approximate surface area is 141 Å². The molecule has 1 aliphatic carbocycles. The van der Waals surface area contributed by atoms with Crippen molar-refractivity contribution in [2.24, 2.45) is 5.41 Å². The van der Waals surface area contributed by atoms with Gasteiger partial charge in [0, 0.05) is 6.04 Å². The summed E-state index contributed by atoms with van der Waals surface area (Å²) in [5.74, 6) is -0.827. The molecule has 0 bridgehead atoms. The topological polar surface area (TPSA) is 90.5 Å². The van der Waals surface area contributed by atoms with Crippen LogP contribution in [0.15, 0.2) is 15.5 Å². The van der Waals surface area contributed by atoms with Gasteiger partial charge in [-0.05, 0) is 34.2 Å². The third-order valence-corrected chi connectivity index (χ3v) is 4.05. The maximum Gasteiger partial charge on any atom is 0.378 e. The molecule has 2 aromatic heterocycles.